The lowest BCUT2D eigenvalue weighted by Crippen LogP contribution is -2.28. The van der Waals surface area contributed by atoms with Gasteiger partial charge in [0.25, 0.3) is 5.91 Å². The van der Waals surface area contributed by atoms with Crippen molar-refractivity contribution in [3.63, 3.8) is 0 Å². The van der Waals surface area contributed by atoms with E-state index in [1.165, 1.54) is 0 Å². The molecule has 6 nitrogen and oxygen atoms in total. The molecule has 0 unspecified atom stereocenters. The number of carbonyl (C=O) groups is 1. The van der Waals surface area contributed by atoms with E-state index >= 15 is 0 Å². The summed E-state index contributed by atoms with van der Waals surface area (Å²) in [6.07, 6.45) is 0. The zero-order valence-corrected chi connectivity index (χ0v) is 16.2. The van der Waals surface area contributed by atoms with E-state index in [-0.39, 0.29) is 11.6 Å². The van der Waals surface area contributed by atoms with E-state index in [4.69, 9.17) is 16.3 Å². The third kappa shape index (κ3) is 5.28. The second kappa shape index (κ2) is 9.82. The lowest BCUT2D eigenvalue weighted by atomic mass is 10.2. The Morgan fingerprint density at radius 3 is 2.57 bits per heavy atom. The van der Waals surface area contributed by atoms with Crippen LogP contribution in [-0.2, 0) is 11.3 Å². The highest BCUT2D eigenvalue weighted by molar-refractivity contribution is 6.31. The molecule has 3 aromatic rings. The number of rotatable bonds is 8. The molecule has 0 atom stereocenters. The fraction of sp³-hybridized carbons (Fsp3) is 0.190. The Balaban J connectivity index is 1.86. The van der Waals surface area contributed by atoms with Crippen LogP contribution in [0.4, 0.5) is 5.82 Å². The summed E-state index contributed by atoms with van der Waals surface area (Å²) in [5.41, 5.74) is 2.05. The summed E-state index contributed by atoms with van der Waals surface area (Å²) in [5, 5.41) is 6.69. The molecule has 0 aliphatic heterocycles. The van der Waals surface area contributed by atoms with Gasteiger partial charge in [-0.25, -0.2) is 9.97 Å². The Hall–Kier alpha value is -2.96. The molecule has 0 spiro atoms. The number of halogens is 1. The molecule has 1 heterocycles. The molecule has 2 N–H and O–H groups in total. The normalized spacial score (nSPS) is 10.5. The molecule has 2 aromatic carbocycles. The van der Waals surface area contributed by atoms with E-state index in [0.717, 1.165) is 11.1 Å². The lowest BCUT2D eigenvalue weighted by Gasteiger charge is -2.11. The Morgan fingerprint density at radius 2 is 1.82 bits per heavy atom. The molecule has 1 amide bonds. The number of hydrogen-bond donors (Lipinski definition) is 2. The average molecular weight is 397 g/mol. The van der Waals surface area contributed by atoms with Gasteiger partial charge >= 0.3 is 0 Å². The summed E-state index contributed by atoms with van der Waals surface area (Å²) in [5.74, 6) is 0.740. The van der Waals surface area contributed by atoms with Gasteiger partial charge < -0.3 is 15.4 Å². The van der Waals surface area contributed by atoms with Gasteiger partial charge in [0.05, 0.1) is 6.61 Å². The van der Waals surface area contributed by atoms with Crippen LogP contribution in [0.3, 0.4) is 0 Å². The first-order valence-corrected chi connectivity index (χ1v) is 9.24. The minimum atomic E-state index is -0.280. The smallest absolute Gasteiger partial charge is 0.270 e. The highest BCUT2D eigenvalue weighted by atomic mass is 35.5. The predicted octanol–water partition coefficient (Wildman–Crippen LogP) is 3.79. The number of methoxy groups -OCH3 is 1. The number of ether oxygens (including phenoxy) is 1. The zero-order chi connectivity index (χ0) is 19.8. The Labute approximate surface area is 168 Å². The van der Waals surface area contributed by atoms with Crippen LogP contribution >= 0.6 is 11.6 Å². The topological polar surface area (TPSA) is 76.1 Å². The molecule has 28 heavy (non-hydrogen) atoms. The van der Waals surface area contributed by atoms with Crippen molar-refractivity contribution < 1.29 is 9.53 Å². The number of anilines is 1. The van der Waals surface area contributed by atoms with Gasteiger partial charge in [0.2, 0.25) is 0 Å². The Morgan fingerprint density at radius 1 is 1.07 bits per heavy atom. The molecule has 0 radical (unpaired) electrons. The van der Waals surface area contributed by atoms with Crippen molar-refractivity contribution in [2.45, 2.75) is 6.54 Å². The summed E-state index contributed by atoms with van der Waals surface area (Å²) in [4.78, 5) is 21.5. The van der Waals surface area contributed by atoms with Crippen LogP contribution in [0.2, 0.25) is 5.02 Å². The number of nitrogens with zero attached hydrogens (tertiary/aromatic N) is 2. The van der Waals surface area contributed by atoms with Gasteiger partial charge in [-0.1, -0.05) is 60.1 Å². The van der Waals surface area contributed by atoms with Gasteiger partial charge in [-0.2, -0.15) is 0 Å². The standard InChI is InChI=1S/C21H21ClN4O2/c1-28-12-11-23-21(27)18-13-19(24-14-16-9-5-6-10-17(16)22)26-20(25-18)15-7-3-2-4-8-15/h2-10,13H,11-12,14H2,1H3,(H,23,27)(H,24,25,26). The van der Waals surface area contributed by atoms with Crippen molar-refractivity contribution >= 4 is 23.3 Å². The summed E-state index contributed by atoms with van der Waals surface area (Å²) < 4.78 is 4.97. The molecule has 0 aliphatic rings. The first-order chi connectivity index (χ1) is 13.7. The highest BCUT2D eigenvalue weighted by Gasteiger charge is 2.13. The van der Waals surface area contributed by atoms with E-state index in [9.17, 15) is 4.79 Å². The highest BCUT2D eigenvalue weighted by Crippen LogP contribution is 2.20. The minimum absolute atomic E-state index is 0.280. The van der Waals surface area contributed by atoms with Gasteiger partial charge in [0.1, 0.15) is 11.5 Å². The average Bonchev–Trinajstić information content (AvgIpc) is 2.73. The third-order valence-electron chi connectivity index (χ3n) is 4.00. The second-order valence-corrected chi connectivity index (χ2v) is 6.43. The fourth-order valence-electron chi connectivity index (χ4n) is 2.56. The van der Waals surface area contributed by atoms with Crippen molar-refractivity contribution in [1.29, 1.82) is 0 Å². The van der Waals surface area contributed by atoms with Crippen molar-refractivity contribution in [1.82, 2.24) is 15.3 Å². The van der Waals surface area contributed by atoms with Gasteiger partial charge in [-0.3, -0.25) is 4.79 Å². The number of carbonyl (C=O) groups excluding carboxylic acids is 1. The first kappa shape index (κ1) is 19.8. The molecular formula is C21H21ClN4O2. The van der Waals surface area contributed by atoms with Crippen LogP contribution in [0, 0.1) is 0 Å². The molecule has 0 aliphatic carbocycles. The molecule has 3 rings (SSSR count). The summed E-state index contributed by atoms with van der Waals surface area (Å²) in [6.45, 7) is 1.32. The number of nitrogens with one attached hydrogen (secondary N) is 2. The van der Waals surface area contributed by atoms with Gasteiger partial charge in [0.15, 0.2) is 5.82 Å². The molecule has 0 saturated carbocycles. The van der Waals surface area contributed by atoms with Crippen molar-refractivity contribution in [3.05, 3.63) is 76.9 Å². The van der Waals surface area contributed by atoms with E-state index in [0.29, 0.717) is 36.4 Å². The molecule has 144 valence electrons. The quantitative estimate of drug-likeness (QED) is 0.566. The maximum Gasteiger partial charge on any atom is 0.270 e. The van der Waals surface area contributed by atoms with Crippen LogP contribution in [0.15, 0.2) is 60.7 Å². The van der Waals surface area contributed by atoms with Crippen molar-refractivity contribution in [2.75, 3.05) is 25.6 Å². The summed E-state index contributed by atoms with van der Waals surface area (Å²) in [7, 11) is 1.58. The summed E-state index contributed by atoms with van der Waals surface area (Å²) >= 11 is 6.22. The minimum Gasteiger partial charge on any atom is -0.383 e. The molecule has 0 saturated heterocycles. The van der Waals surface area contributed by atoms with E-state index in [1.807, 2.05) is 54.6 Å². The van der Waals surface area contributed by atoms with E-state index < -0.39 is 0 Å². The SMILES string of the molecule is COCCNC(=O)c1cc(NCc2ccccc2Cl)nc(-c2ccccc2)n1. The second-order valence-electron chi connectivity index (χ2n) is 6.02. The van der Waals surface area contributed by atoms with Crippen LogP contribution in [-0.4, -0.2) is 36.1 Å². The van der Waals surface area contributed by atoms with Gasteiger partial charge in [0, 0.05) is 36.9 Å². The fourth-order valence-corrected chi connectivity index (χ4v) is 2.76. The van der Waals surface area contributed by atoms with Crippen molar-refractivity contribution in [2.24, 2.45) is 0 Å². The Bertz CT molecular complexity index is 935. The molecule has 7 heteroatoms. The van der Waals surface area contributed by atoms with Crippen molar-refractivity contribution in [3.8, 4) is 11.4 Å². The first-order valence-electron chi connectivity index (χ1n) is 8.86. The molecular weight excluding hydrogens is 376 g/mol. The van der Waals surface area contributed by atoms with Gasteiger partial charge in [-0.05, 0) is 11.6 Å². The number of amides is 1. The third-order valence-corrected chi connectivity index (χ3v) is 4.37. The van der Waals surface area contributed by atoms with E-state index in [2.05, 4.69) is 20.6 Å². The van der Waals surface area contributed by atoms with Crippen LogP contribution in [0.1, 0.15) is 16.1 Å². The molecule has 0 bridgehead atoms. The maximum absolute atomic E-state index is 12.5. The number of benzene rings is 2. The van der Waals surface area contributed by atoms with Crippen LogP contribution in [0.5, 0.6) is 0 Å². The molecule has 1 aromatic heterocycles. The Kier molecular flexibility index (Phi) is 6.94. The van der Waals surface area contributed by atoms with Crippen LogP contribution < -0.4 is 10.6 Å². The monoisotopic (exact) mass is 396 g/mol. The van der Waals surface area contributed by atoms with Crippen LogP contribution in [0.25, 0.3) is 11.4 Å². The summed E-state index contributed by atoms with van der Waals surface area (Å²) in [6, 6.07) is 18.7. The van der Waals surface area contributed by atoms with Gasteiger partial charge in [-0.15, -0.1) is 0 Å². The largest absolute Gasteiger partial charge is 0.383 e. The predicted molar refractivity (Wildman–Crippen MR) is 110 cm³/mol. The zero-order valence-electron chi connectivity index (χ0n) is 15.5. The number of hydrogen-bond acceptors (Lipinski definition) is 5. The maximum atomic E-state index is 12.5. The number of aromatic nitrogens is 2. The molecule has 0 fully saturated rings. The lowest BCUT2D eigenvalue weighted by molar-refractivity contribution is 0.0932. The van der Waals surface area contributed by atoms with E-state index in [1.54, 1.807) is 13.2 Å².